The van der Waals surface area contributed by atoms with E-state index in [9.17, 15) is 9.59 Å². The maximum absolute atomic E-state index is 11.7. The molecule has 6 heteroatoms. The molecule has 0 saturated carbocycles. The number of esters is 1. The zero-order chi connectivity index (χ0) is 19.9. The van der Waals surface area contributed by atoms with Crippen molar-refractivity contribution in [1.29, 1.82) is 0 Å². The van der Waals surface area contributed by atoms with E-state index in [1.54, 1.807) is 0 Å². The van der Waals surface area contributed by atoms with Crippen LogP contribution in [0.15, 0.2) is 30.5 Å². The van der Waals surface area contributed by atoms with E-state index < -0.39 is 0 Å². The molecular formula is C22H29N3O3. The fraction of sp³-hybridized carbons (Fsp3) is 0.500. The Morgan fingerprint density at radius 2 is 2.00 bits per heavy atom. The van der Waals surface area contributed by atoms with Gasteiger partial charge in [-0.2, -0.15) is 0 Å². The number of nitrogens with zero attached hydrogens (tertiary/aromatic N) is 2. The molecule has 0 radical (unpaired) electrons. The number of ether oxygens (including phenoxy) is 1. The number of pyridine rings is 1. The minimum Gasteiger partial charge on any atom is -0.456 e. The van der Waals surface area contributed by atoms with E-state index in [4.69, 9.17) is 4.74 Å². The van der Waals surface area contributed by atoms with Crippen LogP contribution in [0.2, 0.25) is 0 Å². The van der Waals surface area contributed by atoms with Gasteiger partial charge in [0, 0.05) is 38.1 Å². The Hall–Kier alpha value is -2.63. The molecule has 2 heterocycles. The average Bonchev–Trinajstić information content (AvgIpc) is 2.72. The van der Waals surface area contributed by atoms with Crippen molar-refractivity contribution in [2.24, 2.45) is 5.92 Å². The third-order valence-corrected chi connectivity index (χ3v) is 5.44. The maximum atomic E-state index is 11.7. The Morgan fingerprint density at radius 3 is 2.75 bits per heavy atom. The van der Waals surface area contributed by atoms with E-state index >= 15 is 0 Å². The minimum absolute atomic E-state index is 0.188. The van der Waals surface area contributed by atoms with Gasteiger partial charge in [-0.15, -0.1) is 0 Å². The van der Waals surface area contributed by atoms with Gasteiger partial charge in [-0.05, 0) is 50.0 Å². The monoisotopic (exact) mass is 383 g/mol. The normalized spacial score (nSPS) is 14.9. The quantitative estimate of drug-likeness (QED) is 0.744. The summed E-state index contributed by atoms with van der Waals surface area (Å²) in [6, 6.07) is 8.62. The molecule has 2 aromatic rings. The lowest BCUT2D eigenvalue weighted by Gasteiger charge is -2.33. The summed E-state index contributed by atoms with van der Waals surface area (Å²) in [7, 11) is 1.52. The molecule has 150 valence electrons. The Labute approximate surface area is 166 Å². The molecule has 1 aliphatic rings. The van der Waals surface area contributed by atoms with Gasteiger partial charge in [0.2, 0.25) is 0 Å². The molecule has 28 heavy (non-hydrogen) atoms. The number of carbonyl (C=O) groups is 2. The van der Waals surface area contributed by atoms with Crippen LogP contribution in [0.1, 0.15) is 37.7 Å². The second kappa shape index (κ2) is 9.53. The summed E-state index contributed by atoms with van der Waals surface area (Å²) in [5.41, 5.74) is 1.26. The van der Waals surface area contributed by atoms with Crippen LogP contribution in [0.3, 0.4) is 0 Å². The number of aromatic nitrogens is 1. The Bertz CT molecular complexity index is 829. The van der Waals surface area contributed by atoms with Gasteiger partial charge in [-0.25, -0.2) is 4.98 Å². The van der Waals surface area contributed by atoms with E-state index in [-0.39, 0.29) is 18.5 Å². The highest BCUT2D eigenvalue weighted by Crippen LogP contribution is 2.27. The van der Waals surface area contributed by atoms with Gasteiger partial charge in [0.25, 0.3) is 5.91 Å². The van der Waals surface area contributed by atoms with Gasteiger partial charge >= 0.3 is 5.97 Å². The third-order valence-electron chi connectivity index (χ3n) is 5.44. The molecule has 0 atom stereocenters. The number of hydrogen-bond acceptors (Lipinski definition) is 5. The number of hydrogen-bond donors (Lipinski definition) is 1. The molecule has 0 spiro atoms. The fourth-order valence-corrected chi connectivity index (χ4v) is 3.70. The number of nitrogens with one attached hydrogen (secondary N) is 1. The number of aryl methyl sites for hydroxylation is 1. The second-order valence-electron chi connectivity index (χ2n) is 7.55. The first-order valence-electron chi connectivity index (χ1n) is 10.0. The van der Waals surface area contributed by atoms with Crippen molar-refractivity contribution in [3.8, 4) is 0 Å². The van der Waals surface area contributed by atoms with Crippen molar-refractivity contribution >= 4 is 28.5 Å². The Morgan fingerprint density at radius 1 is 1.21 bits per heavy atom. The van der Waals surface area contributed by atoms with Crippen LogP contribution < -0.4 is 10.2 Å². The maximum Gasteiger partial charge on any atom is 0.306 e. The highest BCUT2D eigenvalue weighted by Gasteiger charge is 2.20. The summed E-state index contributed by atoms with van der Waals surface area (Å²) in [5.74, 6) is 1.11. The zero-order valence-corrected chi connectivity index (χ0v) is 16.7. The highest BCUT2D eigenvalue weighted by molar-refractivity contribution is 5.84. The first kappa shape index (κ1) is 20.1. The van der Waals surface area contributed by atoms with Crippen LogP contribution in [-0.4, -0.2) is 43.6 Å². The largest absolute Gasteiger partial charge is 0.456 e. The van der Waals surface area contributed by atoms with Crippen LogP contribution in [-0.2, 0) is 14.3 Å². The molecule has 0 unspecified atom stereocenters. The van der Waals surface area contributed by atoms with E-state index in [1.165, 1.54) is 23.4 Å². The van der Waals surface area contributed by atoms with Crippen molar-refractivity contribution in [3.63, 3.8) is 0 Å². The average molecular weight is 383 g/mol. The SMILES string of the molecule is CNC(=O)COC(=O)CCCC1CCN(c2cc3cc(C)ccc3cn2)CC1. The lowest BCUT2D eigenvalue weighted by atomic mass is 9.91. The van der Waals surface area contributed by atoms with Crippen LogP contribution in [0.25, 0.3) is 10.8 Å². The molecule has 1 saturated heterocycles. The number of likely N-dealkylation sites (N-methyl/N-ethyl adjacent to an activating group) is 1. The first-order chi connectivity index (χ1) is 13.5. The lowest BCUT2D eigenvalue weighted by Crippen LogP contribution is -2.34. The molecule has 6 nitrogen and oxygen atoms in total. The standard InChI is InChI=1S/C22H29N3O3/c1-16-6-7-18-14-24-20(13-19(18)12-16)25-10-8-17(9-11-25)4-3-5-22(27)28-15-21(26)23-2/h6-7,12-14,17H,3-5,8-11,15H2,1-2H3,(H,23,26). The second-order valence-corrected chi connectivity index (χ2v) is 7.55. The van der Waals surface area contributed by atoms with Crippen molar-refractivity contribution in [2.75, 3.05) is 31.6 Å². The zero-order valence-electron chi connectivity index (χ0n) is 16.7. The van der Waals surface area contributed by atoms with Gasteiger partial charge in [0.05, 0.1) is 0 Å². The number of anilines is 1. The molecule has 1 aromatic heterocycles. The topological polar surface area (TPSA) is 71.5 Å². The van der Waals surface area contributed by atoms with Crippen molar-refractivity contribution in [1.82, 2.24) is 10.3 Å². The summed E-state index contributed by atoms with van der Waals surface area (Å²) >= 11 is 0. The van der Waals surface area contributed by atoms with E-state index in [0.29, 0.717) is 12.3 Å². The highest BCUT2D eigenvalue weighted by atomic mass is 16.5. The van der Waals surface area contributed by atoms with Gasteiger partial charge in [0.1, 0.15) is 5.82 Å². The number of carbonyl (C=O) groups excluding carboxylic acids is 2. The molecule has 0 aliphatic carbocycles. The summed E-state index contributed by atoms with van der Waals surface area (Å²) in [4.78, 5) is 29.7. The number of fused-ring (bicyclic) bond motifs is 1. The molecular weight excluding hydrogens is 354 g/mol. The Kier molecular flexibility index (Phi) is 6.85. The van der Waals surface area contributed by atoms with E-state index in [1.807, 2.05) is 6.20 Å². The molecule has 0 bridgehead atoms. The summed E-state index contributed by atoms with van der Waals surface area (Å²) < 4.78 is 4.94. The number of benzene rings is 1. The predicted molar refractivity (Wildman–Crippen MR) is 110 cm³/mol. The van der Waals surface area contributed by atoms with Crippen LogP contribution >= 0.6 is 0 Å². The van der Waals surface area contributed by atoms with Gasteiger partial charge < -0.3 is 15.0 Å². The third kappa shape index (κ3) is 5.44. The summed E-state index contributed by atoms with van der Waals surface area (Å²) in [6.07, 6.45) is 6.39. The van der Waals surface area contributed by atoms with Crippen LogP contribution in [0.4, 0.5) is 5.82 Å². The molecule has 1 aliphatic heterocycles. The van der Waals surface area contributed by atoms with Gasteiger partial charge in [-0.1, -0.05) is 23.8 Å². The van der Waals surface area contributed by atoms with Crippen molar-refractivity contribution < 1.29 is 14.3 Å². The number of rotatable bonds is 7. The van der Waals surface area contributed by atoms with Crippen molar-refractivity contribution in [3.05, 3.63) is 36.0 Å². The number of piperidine rings is 1. The van der Waals surface area contributed by atoms with Crippen LogP contribution in [0, 0.1) is 12.8 Å². The molecule has 1 aromatic carbocycles. The van der Waals surface area contributed by atoms with Gasteiger partial charge in [0.15, 0.2) is 6.61 Å². The van der Waals surface area contributed by atoms with Crippen molar-refractivity contribution in [2.45, 2.75) is 39.0 Å². The minimum atomic E-state index is -0.295. The lowest BCUT2D eigenvalue weighted by molar-refractivity contribution is -0.148. The first-order valence-corrected chi connectivity index (χ1v) is 10.0. The summed E-state index contributed by atoms with van der Waals surface area (Å²) in [5, 5.41) is 4.84. The molecule has 1 amide bonds. The van der Waals surface area contributed by atoms with E-state index in [2.05, 4.69) is 46.4 Å². The molecule has 1 fully saturated rings. The fourth-order valence-electron chi connectivity index (χ4n) is 3.70. The number of amides is 1. The van der Waals surface area contributed by atoms with Crippen LogP contribution in [0.5, 0.6) is 0 Å². The van der Waals surface area contributed by atoms with Gasteiger partial charge in [-0.3, -0.25) is 9.59 Å². The van der Waals surface area contributed by atoms with E-state index in [0.717, 1.165) is 44.6 Å². The molecule has 3 rings (SSSR count). The predicted octanol–water partition coefficient (Wildman–Crippen LogP) is 3.22. The Balaban J connectivity index is 1.42. The summed E-state index contributed by atoms with van der Waals surface area (Å²) in [6.45, 7) is 3.91. The molecule has 1 N–H and O–H groups in total. The smallest absolute Gasteiger partial charge is 0.306 e.